The van der Waals surface area contributed by atoms with Crippen molar-refractivity contribution in [1.29, 1.82) is 0 Å². The third kappa shape index (κ3) is 3.22. The van der Waals surface area contributed by atoms with Crippen molar-refractivity contribution < 1.29 is 8.42 Å². The lowest BCUT2D eigenvalue weighted by molar-refractivity contribution is 0.424. The van der Waals surface area contributed by atoms with Gasteiger partial charge in [0.2, 0.25) is 10.0 Å². The number of rotatable bonds is 5. The average Bonchev–Trinajstić information content (AvgIpc) is 2.92. The van der Waals surface area contributed by atoms with Crippen molar-refractivity contribution in [2.24, 2.45) is 11.7 Å². The molecule has 0 bridgehead atoms. The van der Waals surface area contributed by atoms with E-state index in [9.17, 15) is 8.42 Å². The Morgan fingerprint density at radius 3 is 2.60 bits per heavy atom. The van der Waals surface area contributed by atoms with Crippen molar-refractivity contribution in [1.82, 2.24) is 4.72 Å². The summed E-state index contributed by atoms with van der Waals surface area (Å²) in [6, 6.07) is 5.26. The highest BCUT2D eigenvalue weighted by atomic mass is 32.2. The van der Waals surface area contributed by atoms with Gasteiger partial charge in [0.25, 0.3) is 0 Å². The predicted molar refractivity (Wildman–Crippen MR) is 80.8 cm³/mol. The Morgan fingerprint density at radius 2 is 2.00 bits per heavy atom. The first-order chi connectivity index (χ1) is 9.45. The van der Waals surface area contributed by atoms with Crippen LogP contribution in [0.4, 0.5) is 0 Å². The maximum atomic E-state index is 12.5. The second-order valence-corrected chi connectivity index (χ2v) is 7.38. The van der Waals surface area contributed by atoms with Crippen molar-refractivity contribution in [3.63, 3.8) is 0 Å². The summed E-state index contributed by atoms with van der Waals surface area (Å²) in [6.45, 7) is 4.14. The van der Waals surface area contributed by atoms with E-state index < -0.39 is 10.0 Å². The van der Waals surface area contributed by atoms with Gasteiger partial charge < -0.3 is 5.73 Å². The van der Waals surface area contributed by atoms with Crippen LogP contribution in [0.15, 0.2) is 23.1 Å². The number of benzene rings is 1. The highest BCUT2D eigenvalue weighted by Gasteiger charge is 2.27. The highest BCUT2D eigenvalue weighted by molar-refractivity contribution is 7.89. The van der Waals surface area contributed by atoms with Gasteiger partial charge >= 0.3 is 0 Å². The van der Waals surface area contributed by atoms with Crippen LogP contribution in [0.2, 0.25) is 0 Å². The van der Waals surface area contributed by atoms with Crippen LogP contribution in [0, 0.1) is 12.8 Å². The highest BCUT2D eigenvalue weighted by Crippen LogP contribution is 2.28. The standard InChI is InChI=1S/C15H24N2O2S/c1-11-14(10-16)8-5-9-15(11)20(18,19)17-12(2)13-6-3-4-7-13/h5,8-9,12-13,17H,3-4,6-7,10,16H2,1-2H3. The second kappa shape index (κ2) is 6.24. The Kier molecular flexibility index (Phi) is 4.83. The molecule has 0 heterocycles. The van der Waals surface area contributed by atoms with Crippen molar-refractivity contribution in [2.75, 3.05) is 0 Å². The lowest BCUT2D eigenvalue weighted by Gasteiger charge is -2.21. The fraction of sp³-hybridized carbons (Fsp3) is 0.600. The number of nitrogens with two attached hydrogens (primary N) is 1. The van der Waals surface area contributed by atoms with Gasteiger partial charge in [-0.05, 0) is 49.8 Å². The van der Waals surface area contributed by atoms with Gasteiger partial charge in [-0.1, -0.05) is 25.0 Å². The summed E-state index contributed by atoms with van der Waals surface area (Å²) in [5.74, 6) is 0.461. The molecule has 0 aliphatic heterocycles. The zero-order valence-corrected chi connectivity index (χ0v) is 13.0. The molecule has 0 aromatic heterocycles. The van der Waals surface area contributed by atoms with E-state index in [0.717, 1.165) is 24.0 Å². The molecule has 2 rings (SSSR count). The molecule has 0 radical (unpaired) electrons. The van der Waals surface area contributed by atoms with Gasteiger partial charge in [0.05, 0.1) is 4.90 Å². The Morgan fingerprint density at radius 1 is 1.35 bits per heavy atom. The fourth-order valence-electron chi connectivity index (χ4n) is 3.03. The minimum atomic E-state index is -3.47. The van der Waals surface area contributed by atoms with Gasteiger partial charge in [-0.2, -0.15) is 0 Å². The van der Waals surface area contributed by atoms with Crippen molar-refractivity contribution in [2.45, 2.75) is 57.0 Å². The smallest absolute Gasteiger partial charge is 0.241 e. The topological polar surface area (TPSA) is 72.2 Å². The summed E-state index contributed by atoms with van der Waals surface area (Å²) in [5.41, 5.74) is 7.28. The van der Waals surface area contributed by atoms with Crippen LogP contribution in [0.25, 0.3) is 0 Å². The number of hydrogen-bond acceptors (Lipinski definition) is 3. The van der Waals surface area contributed by atoms with Crippen LogP contribution < -0.4 is 10.5 Å². The van der Waals surface area contributed by atoms with Gasteiger partial charge in [-0.25, -0.2) is 13.1 Å². The van der Waals surface area contributed by atoms with Gasteiger partial charge in [-0.15, -0.1) is 0 Å². The van der Waals surface area contributed by atoms with Crippen LogP contribution in [-0.4, -0.2) is 14.5 Å². The van der Waals surface area contributed by atoms with Gasteiger partial charge in [0, 0.05) is 12.6 Å². The molecule has 1 unspecified atom stereocenters. The molecule has 4 nitrogen and oxygen atoms in total. The molecule has 3 N–H and O–H groups in total. The van der Waals surface area contributed by atoms with Crippen LogP contribution in [-0.2, 0) is 16.6 Å². The maximum absolute atomic E-state index is 12.5. The zero-order chi connectivity index (χ0) is 14.8. The van der Waals surface area contributed by atoms with Crippen molar-refractivity contribution in [3.05, 3.63) is 29.3 Å². The fourth-order valence-corrected chi connectivity index (χ4v) is 4.63. The monoisotopic (exact) mass is 296 g/mol. The lowest BCUT2D eigenvalue weighted by Crippen LogP contribution is -2.37. The third-order valence-electron chi connectivity index (χ3n) is 4.35. The van der Waals surface area contributed by atoms with E-state index in [-0.39, 0.29) is 6.04 Å². The Balaban J connectivity index is 2.22. The third-order valence-corrected chi connectivity index (χ3v) is 6.06. The van der Waals surface area contributed by atoms with E-state index in [1.54, 1.807) is 12.1 Å². The quantitative estimate of drug-likeness (QED) is 0.876. The van der Waals surface area contributed by atoms with Crippen molar-refractivity contribution >= 4 is 10.0 Å². The zero-order valence-electron chi connectivity index (χ0n) is 12.2. The summed E-state index contributed by atoms with van der Waals surface area (Å²) >= 11 is 0. The SMILES string of the molecule is Cc1c(CN)cccc1S(=O)(=O)NC(C)C1CCCC1. The number of hydrogen-bond donors (Lipinski definition) is 2. The molecular formula is C15H24N2O2S. The molecule has 1 aromatic rings. The summed E-state index contributed by atoms with van der Waals surface area (Å²) in [4.78, 5) is 0.352. The van der Waals surface area contributed by atoms with Crippen LogP contribution in [0.3, 0.4) is 0 Å². The minimum Gasteiger partial charge on any atom is -0.326 e. The summed E-state index contributed by atoms with van der Waals surface area (Å²) < 4.78 is 27.9. The molecule has 1 saturated carbocycles. The first kappa shape index (κ1) is 15.5. The van der Waals surface area contributed by atoms with Crippen LogP contribution in [0.5, 0.6) is 0 Å². The van der Waals surface area contributed by atoms with Gasteiger partial charge in [-0.3, -0.25) is 0 Å². The molecule has 112 valence electrons. The summed E-state index contributed by atoms with van der Waals surface area (Å²) in [6.07, 6.45) is 4.65. The molecule has 5 heteroatoms. The van der Waals surface area contributed by atoms with E-state index in [2.05, 4.69) is 4.72 Å². The Labute approximate surface area is 121 Å². The molecule has 0 amide bonds. The first-order valence-electron chi connectivity index (χ1n) is 7.26. The predicted octanol–water partition coefficient (Wildman–Crippen LogP) is 2.31. The van der Waals surface area contributed by atoms with Gasteiger partial charge in [0.15, 0.2) is 0 Å². The van der Waals surface area contributed by atoms with Crippen LogP contribution >= 0.6 is 0 Å². The number of nitrogens with one attached hydrogen (secondary N) is 1. The normalized spacial score (nSPS) is 18.4. The minimum absolute atomic E-state index is 0.0107. The van der Waals surface area contributed by atoms with E-state index in [0.29, 0.717) is 17.4 Å². The van der Waals surface area contributed by atoms with Crippen molar-refractivity contribution in [3.8, 4) is 0 Å². The second-order valence-electron chi connectivity index (χ2n) is 5.70. The van der Waals surface area contributed by atoms with Gasteiger partial charge in [0.1, 0.15) is 0 Å². The average molecular weight is 296 g/mol. The van der Waals surface area contributed by atoms with E-state index >= 15 is 0 Å². The van der Waals surface area contributed by atoms with E-state index in [1.165, 1.54) is 12.8 Å². The lowest BCUT2D eigenvalue weighted by atomic mass is 10.0. The summed E-state index contributed by atoms with van der Waals surface area (Å²) in [5, 5.41) is 0. The Bertz CT molecular complexity index is 563. The van der Waals surface area contributed by atoms with E-state index in [4.69, 9.17) is 5.73 Å². The molecule has 0 spiro atoms. The molecule has 20 heavy (non-hydrogen) atoms. The molecule has 1 atom stereocenters. The van der Waals surface area contributed by atoms with E-state index in [1.807, 2.05) is 19.9 Å². The first-order valence-corrected chi connectivity index (χ1v) is 8.75. The molecule has 1 fully saturated rings. The number of sulfonamides is 1. The summed E-state index contributed by atoms with van der Waals surface area (Å²) in [7, 11) is -3.47. The largest absolute Gasteiger partial charge is 0.326 e. The van der Waals surface area contributed by atoms with Crippen LogP contribution in [0.1, 0.15) is 43.7 Å². The Hall–Kier alpha value is -0.910. The molecule has 1 aliphatic rings. The molecule has 1 aliphatic carbocycles. The maximum Gasteiger partial charge on any atom is 0.241 e. The molecule has 1 aromatic carbocycles. The molecular weight excluding hydrogens is 272 g/mol. The molecule has 0 saturated heterocycles.